The van der Waals surface area contributed by atoms with Crippen LogP contribution in [0.2, 0.25) is 0 Å². The van der Waals surface area contributed by atoms with E-state index < -0.39 is 0 Å². The number of aromatic amines is 1. The number of anilines is 1. The summed E-state index contributed by atoms with van der Waals surface area (Å²) in [6, 6.07) is 5.93. The Hall–Kier alpha value is -3.16. The molecule has 8 nitrogen and oxygen atoms in total. The second kappa shape index (κ2) is 8.69. The minimum Gasteiger partial charge on any atom is -0.357 e. The highest BCUT2D eigenvalue weighted by molar-refractivity contribution is 5.81. The molecule has 4 heterocycles. The van der Waals surface area contributed by atoms with Crippen LogP contribution >= 0.6 is 0 Å². The Kier molecular flexibility index (Phi) is 5.65. The summed E-state index contributed by atoms with van der Waals surface area (Å²) in [6.45, 7) is 7.30. The van der Waals surface area contributed by atoms with Crippen molar-refractivity contribution >= 4 is 22.9 Å². The van der Waals surface area contributed by atoms with Crippen molar-refractivity contribution in [3.8, 4) is 0 Å². The van der Waals surface area contributed by atoms with Gasteiger partial charge in [-0.2, -0.15) is 0 Å². The van der Waals surface area contributed by atoms with Crippen molar-refractivity contribution < 1.29 is 0 Å². The quantitative estimate of drug-likeness (QED) is 0.519. The van der Waals surface area contributed by atoms with Gasteiger partial charge in [0.15, 0.2) is 5.96 Å². The molecule has 1 fully saturated rings. The molecule has 0 radical (unpaired) electrons. The minimum atomic E-state index is 0.742. The summed E-state index contributed by atoms with van der Waals surface area (Å²) < 4.78 is 0. The molecule has 0 atom stereocenters. The molecule has 8 heteroatoms. The van der Waals surface area contributed by atoms with E-state index in [1.54, 1.807) is 12.4 Å². The topological polar surface area (TPSA) is 85.3 Å². The van der Waals surface area contributed by atoms with Gasteiger partial charge in [0.1, 0.15) is 5.65 Å². The van der Waals surface area contributed by atoms with Crippen LogP contribution in [-0.4, -0.2) is 70.1 Å². The molecule has 3 aromatic heterocycles. The Bertz CT molecular complexity index is 912. The van der Waals surface area contributed by atoms with Crippen molar-refractivity contribution in [3.63, 3.8) is 0 Å². The third-order valence-corrected chi connectivity index (χ3v) is 4.93. The van der Waals surface area contributed by atoms with E-state index in [-0.39, 0.29) is 0 Å². The van der Waals surface area contributed by atoms with Gasteiger partial charge in [-0.15, -0.1) is 0 Å². The van der Waals surface area contributed by atoms with Crippen molar-refractivity contribution in [3.05, 3.63) is 48.5 Å². The van der Waals surface area contributed by atoms with Crippen LogP contribution in [0.4, 0.5) is 5.95 Å². The van der Waals surface area contributed by atoms with Crippen LogP contribution in [0.5, 0.6) is 0 Å². The molecule has 1 aliphatic heterocycles. The smallest absolute Gasteiger partial charge is 0.225 e. The predicted octanol–water partition coefficient (Wildman–Crippen LogP) is 1.68. The summed E-state index contributed by atoms with van der Waals surface area (Å²) in [5.41, 5.74) is 2.20. The number of hydrogen-bond acceptors (Lipinski definition) is 5. The first-order chi connectivity index (χ1) is 13.8. The SMILES string of the molecule is CCNC(=NCCc1c[nH]c2ncccc12)N1CCN(c2ncccn2)CC1. The van der Waals surface area contributed by atoms with Crippen LogP contribution in [0.1, 0.15) is 12.5 Å². The first-order valence-corrected chi connectivity index (χ1v) is 9.81. The Morgan fingerprint density at radius 1 is 1.11 bits per heavy atom. The molecule has 0 amide bonds. The van der Waals surface area contributed by atoms with Gasteiger partial charge in [0.25, 0.3) is 0 Å². The zero-order valence-corrected chi connectivity index (χ0v) is 16.2. The highest BCUT2D eigenvalue weighted by Crippen LogP contribution is 2.16. The molecule has 4 rings (SSSR count). The number of guanidine groups is 1. The molecule has 0 spiro atoms. The van der Waals surface area contributed by atoms with Crippen molar-refractivity contribution in [2.45, 2.75) is 13.3 Å². The lowest BCUT2D eigenvalue weighted by Gasteiger charge is -2.36. The Morgan fingerprint density at radius 3 is 2.68 bits per heavy atom. The largest absolute Gasteiger partial charge is 0.357 e. The third-order valence-electron chi connectivity index (χ3n) is 4.93. The first kappa shape index (κ1) is 18.2. The fraction of sp³-hybridized carbons (Fsp3) is 0.400. The number of hydrogen-bond donors (Lipinski definition) is 2. The number of H-pyrrole nitrogens is 1. The molecular weight excluding hydrogens is 352 g/mol. The number of pyridine rings is 1. The number of aromatic nitrogens is 4. The molecule has 28 heavy (non-hydrogen) atoms. The molecule has 0 saturated carbocycles. The summed E-state index contributed by atoms with van der Waals surface area (Å²) in [7, 11) is 0. The Balaban J connectivity index is 1.37. The molecule has 1 aliphatic rings. The van der Waals surface area contributed by atoms with Crippen LogP contribution in [0.15, 0.2) is 48.0 Å². The van der Waals surface area contributed by atoms with Crippen molar-refractivity contribution in [2.24, 2.45) is 4.99 Å². The normalized spacial score (nSPS) is 15.2. The van der Waals surface area contributed by atoms with E-state index in [1.165, 1.54) is 10.9 Å². The lowest BCUT2D eigenvalue weighted by Crippen LogP contribution is -2.53. The highest BCUT2D eigenvalue weighted by atomic mass is 15.4. The van der Waals surface area contributed by atoms with Gasteiger partial charge in [0, 0.05) is 69.4 Å². The average Bonchev–Trinajstić information content (AvgIpc) is 3.17. The molecular formula is C20H26N8. The summed E-state index contributed by atoms with van der Waals surface area (Å²) in [4.78, 5) is 25.7. The van der Waals surface area contributed by atoms with Gasteiger partial charge in [0.2, 0.25) is 5.95 Å². The highest BCUT2D eigenvalue weighted by Gasteiger charge is 2.21. The fourth-order valence-electron chi connectivity index (χ4n) is 3.50. The van der Waals surface area contributed by atoms with Gasteiger partial charge >= 0.3 is 0 Å². The van der Waals surface area contributed by atoms with Crippen LogP contribution in [0, 0.1) is 0 Å². The van der Waals surface area contributed by atoms with Gasteiger partial charge < -0.3 is 20.1 Å². The maximum Gasteiger partial charge on any atom is 0.225 e. The number of aliphatic imine (C=N–C) groups is 1. The summed E-state index contributed by atoms with van der Waals surface area (Å²) in [5.74, 6) is 1.78. The van der Waals surface area contributed by atoms with E-state index in [4.69, 9.17) is 4.99 Å². The van der Waals surface area contributed by atoms with Gasteiger partial charge in [-0.3, -0.25) is 4.99 Å². The van der Waals surface area contributed by atoms with Crippen LogP contribution in [-0.2, 0) is 6.42 Å². The number of fused-ring (bicyclic) bond motifs is 1. The molecule has 1 saturated heterocycles. The summed E-state index contributed by atoms with van der Waals surface area (Å²) in [6.07, 6.45) is 8.32. The lowest BCUT2D eigenvalue weighted by atomic mass is 10.1. The number of rotatable bonds is 5. The van der Waals surface area contributed by atoms with Gasteiger partial charge in [-0.05, 0) is 37.1 Å². The standard InChI is InChI=1S/C20H26N8/c1-2-21-19(25-10-6-16-15-26-18-17(16)5-3-7-22-18)27-11-13-28(14-12-27)20-23-8-4-9-24-20/h3-5,7-9,15H,2,6,10-14H2,1H3,(H,21,25)(H,22,26). The van der Waals surface area contributed by atoms with Crippen molar-refractivity contribution in [1.29, 1.82) is 0 Å². The minimum absolute atomic E-state index is 0.742. The van der Waals surface area contributed by atoms with Crippen molar-refractivity contribution in [2.75, 3.05) is 44.2 Å². The zero-order valence-electron chi connectivity index (χ0n) is 16.2. The average molecular weight is 378 g/mol. The third kappa shape index (κ3) is 4.05. The van der Waals surface area contributed by atoms with E-state index >= 15 is 0 Å². The van der Waals surface area contributed by atoms with Crippen molar-refractivity contribution in [1.82, 2.24) is 30.2 Å². The van der Waals surface area contributed by atoms with E-state index in [0.717, 1.165) is 63.2 Å². The van der Waals surface area contributed by atoms with Crippen LogP contribution in [0.3, 0.4) is 0 Å². The second-order valence-electron chi connectivity index (χ2n) is 6.72. The second-order valence-corrected chi connectivity index (χ2v) is 6.72. The molecule has 0 aliphatic carbocycles. The molecule has 3 aromatic rings. The maximum absolute atomic E-state index is 4.86. The molecule has 0 aromatic carbocycles. The number of nitrogens with zero attached hydrogens (tertiary/aromatic N) is 6. The van der Waals surface area contributed by atoms with E-state index in [2.05, 4.69) is 48.0 Å². The van der Waals surface area contributed by atoms with E-state index in [1.807, 2.05) is 24.5 Å². The molecule has 146 valence electrons. The van der Waals surface area contributed by atoms with Gasteiger partial charge in [-0.1, -0.05) is 0 Å². The first-order valence-electron chi connectivity index (χ1n) is 9.81. The van der Waals surface area contributed by atoms with Crippen LogP contribution < -0.4 is 10.2 Å². The number of nitrogens with one attached hydrogen (secondary N) is 2. The summed E-state index contributed by atoms with van der Waals surface area (Å²) >= 11 is 0. The number of piperazine rings is 1. The fourth-order valence-corrected chi connectivity index (χ4v) is 3.50. The maximum atomic E-state index is 4.86. The van der Waals surface area contributed by atoms with Gasteiger partial charge in [0.05, 0.1) is 0 Å². The Labute approximate surface area is 164 Å². The van der Waals surface area contributed by atoms with Crippen LogP contribution in [0.25, 0.3) is 11.0 Å². The predicted molar refractivity (Wildman–Crippen MR) is 112 cm³/mol. The summed E-state index contributed by atoms with van der Waals surface area (Å²) in [5, 5.41) is 4.61. The molecule has 2 N–H and O–H groups in total. The zero-order chi connectivity index (χ0) is 19.2. The van der Waals surface area contributed by atoms with Gasteiger partial charge in [-0.25, -0.2) is 15.0 Å². The van der Waals surface area contributed by atoms with E-state index in [0.29, 0.717) is 0 Å². The molecule has 0 bridgehead atoms. The van der Waals surface area contributed by atoms with E-state index in [9.17, 15) is 0 Å². The Morgan fingerprint density at radius 2 is 1.89 bits per heavy atom. The monoisotopic (exact) mass is 378 g/mol. The molecule has 0 unspecified atom stereocenters. The lowest BCUT2D eigenvalue weighted by molar-refractivity contribution is 0.370.